The van der Waals surface area contributed by atoms with E-state index in [2.05, 4.69) is 44.8 Å². The summed E-state index contributed by atoms with van der Waals surface area (Å²) in [6, 6.07) is 10.3. The van der Waals surface area contributed by atoms with Crippen LogP contribution in [-0.4, -0.2) is 39.6 Å². The highest BCUT2D eigenvalue weighted by atomic mass is 35.5. The summed E-state index contributed by atoms with van der Waals surface area (Å²) < 4.78 is 2.07. The van der Waals surface area contributed by atoms with E-state index >= 15 is 0 Å². The van der Waals surface area contributed by atoms with Crippen LogP contribution in [0.25, 0.3) is 5.65 Å². The van der Waals surface area contributed by atoms with E-state index in [9.17, 15) is 0 Å². The zero-order chi connectivity index (χ0) is 18.8. The molecule has 0 saturated carbocycles. The van der Waals surface area contributed by atoms with Gasteiger partial charge in [0.15, 0.2) is 5.65 Å². The Hall–Kier alpha value is -1.95. The average molecular weight is 384 g/mol. The van der Waals surface area contributed by atoms with Gasteiger partial charge in [-0.15, -0.1) is 0 Å². The molecular weight excluding hydrogens is 358 g/mol. The van der Waals surface area contributed by atoms with Crippen LogP contribution < -0.4 is 5.32 Å². The van der Waals surface area contributed by atoms with Crippen LogP contribution in [0.3, 0.4) is 0 Å². The molecule has 0 amide bonds. The number of piperidine rings is 1. The van der Waals surface area contributed by atoms with Crippen molar-refractivity contribution in [1.29, 1.82) is 0 Å². The normalized spacial score (nSPS) is 18.3. The number of benzene rings is 1. The molecule has 0 aliphatic carbocycles. The molecule has 0 spiro atoms. The lowest BCUT2D eigenvalue weighted by Crippen LogP contribution is -2.34. The molecule has 1 saturated heterocycles. The van der Waals surface area contributed by atoms with Crippen molar-refractivity contribution < 1.29 is 0 Å². The minimum absolute atomic E-state index is 0.471. The van der Waals surface area contributed by atoms with Gasteiger partial charge in [-0.1, -0.05) is 23.7 Å². The lowest BCUT2D eigenvalue weighted by molar-refractivity contribution is 0.197. The molecule has 142 valence electrons. The molecule has 4 rings (SSSR count). The zero-order valence-corrected chi connectivity index (χ0v) is 16.7. The topological polar surface area (TPSA) is 45.5 Å². The molecule has 3 aromatic rings. The molecule has 1 fully saturated rings. The first-order valence-electron chi connectivity index (χ1n) is 9.60. The Kier molecular flexibility index (Phi) is 5.43. The van der Waals surface area contributed by atoms with Gasteiger partial charge in [-0.3, -0.25) is 4.90 Å². The van der Waals surface area contributed by atoms with E-state index in [4.69, 9.17) is 16.7 Å². The van der Waals surface area contributed by atoms with Crippen molar-refractivity contribution in [2.45, 2.75) is 38.8 Å². The number of aryl methyl sites for hydroxylation is 1. The van der Waals surface area contributed by atoms with Crippen molar-refractivity contribution in [3.05, 3.63) is 64.1 Å². The Labute approximate surface area is 165 Å². The van der Waals surface area contributed by atoms with E-state index in [1.807, 2.05) is 25.4 Å². The van der Waals surface area contributed by atoms with Crippen LogP contribution >= 0.6 is 11.6 Å². The number of halogens is 1. The first-order valence-corrected chi connectivity index (χ1v) is 9.98. The number of hydrogen-bond donors (Lipinski definition) is 1. The summed E-state index contributed by atoms with van der Waals surface area (Å²) in [5.41, 5.74) is 5.80. The molecule has 2 aromatic heterocycles. The van der Waals surface area contributed by atoms with E-state index in [0.29, 0.717) is 5.92 Å². The van der Waals surface area contributed by atoms with Gasteiger partial charge < -0.3 is 5.32 Å². The van der Waals surface area contributed by atoms with Crippen molar-refractivity contribution in [2.75, 3.05) is 20.1 Å². The van der Waals surface area contributed by atoms with Crippen LogP contribution in [0.1, 0.15) is 41.3 Å². The Morgan fingerprint density at radius 1 is 1.22 bits per heavy atom. The van der Waals surface area contributed by atoms with Gasteiger partial charge in [0.05, 0.1) is 11.4 Å². The van der Waals surface area contributed by atoms with E-state index in [1.165, 1.54) is 29.7 Å². The molecule has 1 aromatic carbocycles. The van der Waals surface area contributed by atoms with Crippen LogP contribution in [0.4, 0.5) is 0 Å². The fourth-order valence-electron chi connectivity index (χ4n) is 4.10. The van der Waals surface area contributed by atoms with Crippen molar-refractivity contribution in [3.63, 3.8) is 0 Å². The SMILES string of the molecule is CNCc1c(C)nn2c([C@@H]3CCCN(Cc4ccc(Cl)cc4)C3)ccnc12. The molecular formula is C21H26ClN5. The summed E-state index contributed by atoms with van der Waals surface area (Å²) >= 11 is 6.02. The van der Waals surface area contributed by atoms with Gasteiger partial charge in [-0.25, -0.2) is 9.50 Å². The standard InChI is InChI=1S/C21H26ClN5/c1-15-19(12-23-2)21-24-10-9-20(27(21)25-15)17-4-3-11-26(14-17)13-16-5-7-18(22)8-6-16/h5-10,17,23H,3-4,11-14H2,1-2H3/t17-/m1/s1. The fraction of sp³-hybridized carbons (Fsp3) is 0.429. The molecule has 0 unspecified atom stereocenters. The predicted molar refractivity (Wildman–Crippen MR) is 109 cm³/mol. The second-order valence-corrected chi connectivity index (χ2v) is 7.84. The van der Waals surface area contributed by atoms with Crippen molar-refractivity contribution in [1.82, 2.24) is 24.8 Å². The first kappa shape index (κ1) is 18.4. The summed E-state index contributed by atoms with van der Waals surface area (Å²) in [7, 11) is 1.96. The summed E-state index contributed by atoms with van der Waals surface area (Å²) in [4.78, 5) is 7.14. The molecule has 0 bridgehead atoms. The van der Waals surface area contributed by atoms with Crippen LogP contribution in [0.5, 0.6) is 0 Å². The van der Waals surface area contributed by atoms with E-state index in [-0.39, 0.29) is 0 Å². The van der Waals surface area contributed by atoms with Gasteiger partial charge in [0.2, 0.25) is 0 Å². The summed E-state index contributed by atoms with van der Waals surface area (Å²) in [5, 5.41) is 8.83. The number of nitrogens with one attached hydrogen (secondary N) is 1. The molecule has 0 radical (unpaired) electrons. The van der Waals surface area contributed by atoms with Gasteiger partial charge in [-0.2, -0.15) is 5.10 Å². The third-order valence-electron chi connectivity index (χ3n) is 5.44. The van der Waals surface area contributed by atoms with E-state index in [0.717, 1.165) is 42.5 Å². The quantitative estimate of drug-likeness (QED) is 0.728. The highest BCUT2D eigenvalue weighted by molar-refractivity contribution is 6.30. The molecule has 1 aliphatic heterocycles. The second-order valence-electron chi connectivity index (χ2n) is 7.40. The summed E-state index contributed by atoms with van der Waals surface area (Å²) in [5.74, 6) is 0.471. The molecule has 1 aliphatic rings. The maximum atomic E-state index is 6.02. The van der Waals surface area contributed by atoms with Crippen molar-refractivity contribution in [3.8, 4) is 0 Å². The third kappa shape index (κ3) is 3.86. The molecule has 3 heterocycles. The van der Waals surface area contributed by atoms with Crippen LogP contribution in [-0.2, 0) is 13.1 Å². The Balaban J connectivity index is 1.57. The number of aromatic nitrogens is 3. The number of fused-ring (bicyclic) bond motifs is 1. The maximum absolute atomic E-state index is 6.02. The van der Waals surface area contributed by atoms with Crippen LogP contribution in [0.15, 0.2) is 36.5 Å². The molecule has 1 N–H and O–H groups in total. The minimum Gasteiger partial charge on any atom is -0.315 e. The smallest absolute Gasteiger partial charge is 0.159 e. The zero-order valence-electron chi connectivity index (χ0n) is 16.0. The summed E-state index contributed by atoms with van der Waals surface area (Å²) in [6.07, 6.45) is 4.32. The van der Waals surface area contributed by atoms with Crippen molar-refractivity contribution in [2.24, 2.45) is 0 Å². The highest BCUT2D eigenvalue weighted by Crippen LogP contribution is 2.29. The third-order valence-corrected chi connectivity index (χ3v) is 5.69. The first-order chi connectivity index (χ1) is 13.2. The van der Waals surface area contributed by atoms with E-state index < -0.39 is 0 Å². The Morgan fingerprint density at radius 2 is 2.04 bits per heavy atom. The van der Waals surface area contributed by atoms with Gasteiger partial charge in [-0.05, 0) is 57.1 Å². The predicted octanol–water partition coefficient (Wildman–Crippen LogP) is 3.79. The maximum Gasteiger partial charge on any atom is 0.159 e. The van der Waals surface area contributed by atoms with Gasteiger partial charge in [0, 0.05) is 42.3 Å². The molecule has 27 heavy (non-hydrogen) atoms. The number of rotatable bonds is 5. The Morgan fingerprint density at radius 3 is 2.81 bits per heavy atom. The van der Waals surface area contributed by atoms with Gasteiger partial charge >= 0.3 is 0 Å². The number of nitrogens with zero attached hydrogens (tertiary/aromatic N) is 4. The minimum atomic E-state index is 0.471. The number of hydrogen-bond acceptors (Lipinski definition) is 4. The van der Waals surface area contributed by atoms with Gasteiger partial charge in [0.1, 0.15) is 0 Å². The molecule has 1 atom stereocenters. The fourth-order valence-corrected chi connectivity index (χ4v) is 4.22. The van der Waals surface area contributed by atoms with E-state index in [1.54, 1.807) is 0 Å². The number of likely N-dealkylation sites (tertiary alicyclic amines) is 1. The average Bonchev–Trinajstić information content (AvgIpc) is 3.00. The van der Waals surface area contributed by atoms with Crippen LogP contribution in [0.2, 0.25) is 5.02 Å². The summed E-state index contributed by atoms with van der Waals surface area (Å²) in [6.45, 7) is 6.00. The lowest BCUT2D eigenvalue weighted by atomic mass is 9.94. The van der Waals surface area contributed by atoms with Gasteiger partial charge in [0.25, 0.3) is 0 Å². The second kappa shape index (κ2) is 7.97. The van der Waals surface area contributed by atoms with Crippen molar-refractivity contribution >= 4 is 17.2 Å². The largest absolute Gasteiger partial charge is 0.315 e. The monoisotopic (exact) mass is 383 g/mol. The lowest BCUT2D eigenvalue weighted by Gasteiger charge is -2.33. The molecule has 6 heteroatoms. The molecule has 5 nitrogen and oxygen atoms in total. The van der Waals surface area contributed by atoms with Crippen LogP contribution in [0, 0.1) is 6.92 Å². The Bertz CT molecular complexity index is 918. The highest BCUT2D eigenvalue weighted by Gasteiger charge is 2.25.